The second-order valence-corrected chi connectivity index (χ2v) is 17.3. The van der Waals surface area contributed by atoms with Gasteiger partial charge in [0.05, 0.1) is 40.3 Å². The molecule has 0 fully saturated rings. The van der Waals surface area contributed by atoms with Gasteiger partial charge in [0.1, 0.15) is 0 Å². The zero-order valence-corrected chi connectivity index (χ0v) is 36.6. The van der Waals surface area contributed by atoms with Crippen LogP contribution in [0.15, 0.2) is 225 Å². The highest BCUT2D eigenvalue weighted by Gasteiger charge is 2.21. The van der Waals surface area contributed by atoms with E-state index in [1.54, 1.807) is 0 Å². The van der Waals surface area contributed by atoms with Crippen molar-refractivity contribution in [3.63, 3.8) is 0 Å². The van der Waals surface area contributed by atoms with Crippen LogP contribution in [0.5, 0.6) is 0 Å². The molecule has 0 bridgehead atoms. The molecule has 13 aromatic rings. The summed E-state index contributed by atoms with van der Waals surface area (Å²) < 4.78 is 4.58. The Hall–Kier alpha value is -9.55. The lowest BCUT2D eigenvalue weighted by Crippen LogP contribution is -1.94. The van der Waals surface area contributed by atoms with Gasteiger partial charge in [-0.05, 0) is 163 Å². The average Bonchev–Trinajstić information content (AvgIpc) is 3.92. The van der Waals surface area contributed by atoms with Crippen LogP contribution >= 0.6 is 0 Å². The Labute approximate surface area is 392 Å². The molecule has 0 N–H and O–H groups in total. The highest BCUT2D eigenvalue weighted by Crippen LogP contribution is 2.47. The van der Waals surface area contributed by atoms with Crippen molar-refractivity contribution in [1.29, 1.82) is 5.26 Å². The second kappa shape index (κ2) is 15.6. The maximum Gasteiger partial charge on any atom is 0.188 e. The summed E-state index contributed by atoms with van der Waals surface area (Å²) in [6.07, 6.45) is 3.81. The summed E-state index contributed by atoms with van der Waals surface area (Å²) in [5, 5.41) is 18.8. The number of nitrogens with zero attached hydrogens (tertiary/aromatic N) is 5. The first-order valence-corrected chi connectivity index (χ1v) is 22.7. The van der Waals surface area contributed by atoms with Gasteiger partial charge in [0.15, 0.2) is 5.69 Å². The molecule has 3 aromatic heterocycles. The molecule has 0 aliphatic carbocycles. The van der Waals surface area contributed by atoms with E-state index in [2.05, 4.69) is 195 Å². The molecule has 0 saturated heterocycles. The molecule has 314 valence electrons. The van der Waals surface area contributed by atoms with Crippen LogP contribution in [0, 0.1) is 17.9 Å². The fourth-order valence-electron chi connectivity index (χ4n) is 10.6. The number of para-hydroxylation sites is 2. The van der Waals surface area contributed by atoms with Crippen molar-refractivity contribution < 1.29 is 0 Å². The molecule has 10 aromatic carbocycles. The minimum atomic E-state index is 0.621. The standard InChI is InChI=1S/C63H37N5/c1-65-47-24-30-61-55(37-47)54-34-45(23-29-60(54)68(61)49-17-9-4-10-18-49)43-20-25-50-57(36-43)63(46-14-11-31-66-39-46)51-26-21-42(35-56(51)62(50)41-12-5-2-6-13-41)44-22-28-59-53(33-44)52-32-40(38-64)19-27-58(52)67(59)48-15-7-3-8-16-48/h2-37,39H. The first kappa shape index (κ1) is 38.9. The monoisotopic (exact) mass is 863 g/mol. The van der Waals surface area contributed by atoms with Crippen LogP contribution in [0.1, 0.15) is 5.56 Å². The minimum absolute atomic E-state index is 0.621. The minimum Gasteiger partial charge on any atom is -0.309 e. The first-order valence-electron chi connectivity index (χ1n) is 22.7. The summed E-state index contributed by atoms with van der Waals surface area (Å²) >= 11 is 0. The highest BCUT2D eigenvalue weighted by molar-refractivity contribution is 6.23. The Morgan fingerprint density at radius 2 is 0.824 bits per heavy atom. The zero-order chi connectivity index (χ0) is 45.3. The van der Waals surface area contributed by atoms with Crippen molar-refractivity contribution >= 4 is 70.8 Å². The van der Waals surface area contributed by atoms with E-state index in [4.69, 9.17) is 6.57 Å². The van der Waals surface area contributed by atoms with E-state index in [1.807, 2.05) is 54.9 Å². The van der Waals surface area contributed by atoms with Gasteiger partial charge in [-0.25, -0.2) is 4.85 Å². The Morgan fingerprint density at radius 1 is 0.382 bits per heavy atom. The van der Waals surface area contributed by atoms with E-state index >= 15 is 0 Å². The van der Waals surface area contributed by atoms with Crippen molar-refractivity contribution in [3.8, 4) is 62.0 Å². The van der Waals surface area contributed by atoms with Gasteiger partial charge in [-0.3, -0.25) is 4.98 Å². The number of pyridine rings is 1. The van der Waals surface area contributed by atoms with Crippen LogP contribution in [-0.4, -0.2) is 14.1 Å². The second-order valence-electron chi connectivity index (χ2n) is 17.3. The highest BCUT2D eigenvalue weighted by atomic mass is 15.0. The number of rotatable bonds is 6. The zero-order valence-electron chi connectivity index (χ0n) is 36.6. The van der Waals surface area contributed by atoms with Crippen molar-refractivity contribution in [1.82, 2.24) is 14.1 Å². The lowest BCUT2D eigenvalue weighted by Gasteiger charge is -2.19. The Kier molecular flexibility index (Phi) is 8.90. The van der Waals surface area contributed by atoms with Crippen LogP contribution in [0.2, 0.25) is 0 Å². The fraction of sp³-hybridized carbons (Fsp3) is 0. The summed E-state index contributed by atoms with van der Waals surface area (Å²) in [4.78, 5) is 8.46. The van der Waals surface area contributed by atoms with Crippen molar-refractivity contribution in [2.75, 3.05) is 0 Å². The van der Waals surface area contributed by atoms with Crippen LogP contribution < -0.4 is 0 Å². The summed E-state index contributed by atoms with van der Waals surface area (Å²) in [6.45, 7) is 7.83. The number of hydrogen-bond acceptors (Lipinski definition) is 2. The predicted molar refractivity (Wildman–Crippen MR) is 281 cm³/mol. The van der Waals surface area contributed by atoms with E-state index in [9.17, 15) is 5.26 Å². The summed E-state index contributed by atoms with van der Waals surface area (Å²) in [5.41, 5.74) is 16.6. The van der Waals surface area contributed by atoms with Gasteiger partial charge >= 0.3 is 0 Å². The lowest BCUT2D eigenvalue weighted by molar-refractivity contribution is 1.18. The molecule has 0 saturated carbocycles. The smallest absolute Gasteiger partial charge is 0.188 e. The van der Waals surface area contributed by atoms with Gasteiger partial charge < -0.3 is 9.13 Å². The van der Waals surface area contributed by atoms with Gasteiger partial charge in [-0.15, -0.1) is 0 Å². The van der Waals surface area contributed by atoms with Crippen molar-refractivity contribution in [3.05, 3.63) is 242 Å². The largest absolute Gasteiger partial charge is 0.309 e. The first-order chi connectivity index (χ1) is 33.6. The van der Waals surface area contributed by atoms with Gasteiger partial charge in [0.2, 0.25) is 0 Å². The fourth-order valence-corrected chi connectivity index (χ4v) is 10.6. The van der Waals surface area contributed by atoms with Crippen LogP contribution in [0.4, 0.5) is 5.69 Å². The molecular formula is C63H37N5. The molecule has 13 rings (SSSR count). The topological polar surface area (TPSA) is 50.9 Å². The molecule has 3 heterocycles. The molecule has 0 atom stereocenters. The summed E-state index contributed by atoms with van der Waals surface area (Å²) in [5.74, 6) is 0. The third-order valence-corrected chi connectivity index (χ3v) is 13.6. The Bertz CT molecular complexity index is 3970. The van der Waals surface area contributed by atoms with E-state index < -0.39 is 0 Å². The van der Waals surface area contributed by atoms with Gasteiger partial charge in [0.25, 0.3) is 0 Å². The molecule has 0 spiro atoms. The average molecular weight is 864 g/mol. The van der Waals surface area contributed by atoms with E-state index in [1.165, 1.54) is 5.56 Å². The van der Waals surface area contributed by atoms with E-state index in [0.717, 1.165) is 115 Å². The molecule has 5 heteroatoms. The molecule has 68 heavy (non-hydrogen) atoms. The lowest BCUT2D eigenvalue weighted by atomic mass is 9.84. The van der Waals surface area contributed by atoms with E-state index in [-0.39, 0.29) is 0 Å². The molecule has 0 aliphatic rings. The molecule has 0 unspecified atom stereocenters. The number of nitriles is 1. The maximum atomic E-state index is 9.96. The maximum absolute atomic E-state index is 9.96. The predicted octanol–water partition coefficient (Wildman–Crippen LogP) is 16.7. The van der Waals surface area contributed by atoms with E-state index in [0.29, 0.717) is 11.3 Å². The molecule has 0 aliphatic heterocycles. The van der Waals surface area contributed by atoms with Crippen LogP contribution in [0.25, 0.3) is 126 Å². The third-order valence-electron chi connectivity index (χ3n) is 13.6. The number of hydrogen-bond donors (Lipinski definition) is 0. The number of aromatic nitrogens is 3. The van der Waals surface area contributed by atoms with Crippen molar-refractivity contribution in [2.24, 2.45) is 0 Å². The molecule has 0 amide bonds. The summed E-state index contributed by atoms with van der Waals surface area (Å²) in [6, 6.07) is 77.4. The summed E-state index contributed by atoms with van der Waals surface area (Å²) in [7, 11) is 0. The normalized spacial score (nSPS) is 11.5. The quantitative estimate of drug-likeness (QED) is 0.123. The molecule has 0 radical (unpaired) electrons. The number of benzene rings is 10. The van der Waals surface area contributed by atoms with Gasteiger partial charge in [0, 0.05) is 45.5 Å². The van der Waals surface area contributed by atoms with Gasteiger partial charge in [-0.1, -0.05) is 115 Å². The van der Waals surface area contributed by atoms with Gasteiger partial charge in [-0.2, -0.15) is 5.26 Å². The molecule has 5 nitrogen and oxygen atoms in total. The Morgan fingerprint density at radius 3 is 1.34 bits per heavy atom. The van der Waals surface area contributed by atoms with Crippen LogP contribution in [0.3, 0.4) is 0 Å². The SMILES string of the molecule is [C-]#[N+]c1ccc2c(c1)c1cc(-c3ccc4c(-c5ccccc5)c5cc(-c6ccc7c(c6)c6cc(C#N)ccc6n7-c6ccccc6)ccc5c(-c5cccnc5)c4c3)ccc1n2-c1ccccc1. The van der Waals surface area contributed by atoms with Crippen LogP contribution in [-0.2, 0) is 0 Å². The number of fused-ring (bicyclic) bond motifs is 8. The molecular weight excluding hydrogens is 827 g/mol. The van der Waals surface area contributed by atoms with Crippen molar-refractivity contribution in [2.45, 2.75) is 0 Å². The third kappa shape index (κ3) is 6.12. The Balaban J connectivity index is 1.05.